The summed E-state index contributed by atoms with van der Waals surface area (Å²) in [4.78, 5) is 27.2. The van der Waals surface area contributed by atoms with Crippen LogP contribution in [0.25, 0.3) is 0 Å². The molecule has 2 atom stereocenters. The van der Waals surface area contributed by atoms with Crippen molar-refractivity contribution in [2.75, 3.05) is 0 Å². The first-order chi connectivity index (χ1) is 9.17. The summed E-state index contributed by atoms with van der Waals surface area (Å²) in [6.07, 6.45) is 1.69. The average Bonchev–Trinajstić information content (AvgIpc) is 3.00. The summed E-state index contributed by atoms with van der Waals surface area (Å²) < 4.78 is 5.39. The molecule has 0 amide bonds. The zero-order valence-corrected chi connectivity index (χ0v) is 11.7. The Morgan fingerprint density at radius 1 is 1.45 bits per heavy atom. The van der Waals surface area contributed by atoms with E-state index in [1.807, 2.05) is 0 Å². The van der Waals surface area contributed by atoms with Crippen LogP contribution in [0.5, 0.6) is 0 Å². The molecular weight excluding hydrogens is 260 g/mol. The van der Waals surface area contributed by atoms with Crippen LogP contribution in [0.2, 0.25) is 0 Å². The SMILES string of the molecule is CC(C)(C)OC(=O)C1(c2ccc(C(=O)O)cn2)CC1N. The number of carbonyl (C=O) groups excluding carboxylic acids is 1. The summed E-state index contributed by atoms with van der Waals surface area (Å²) in [6, 6.07) is 2.60. The predicted molar refractivity (Wildman–Crippen MR) is 71.3 cm³/mol. The largest absolute Gasteiger partial charge is 0.478 e. The van der Waals surface area contributed by atoms with Gasteiger partial charge in [-0.25, -0.2) is 4.79 Å². The minimum absolute atomic E-state index is 0.0716. The first kappa shape index (κ1) is 14.5. The van der Waals surface area contributed by atoms with Crippen molar-refractivity contribution in [3.8, 4) is 0 Å². The van der Waals surface area contributed by atoms with E-state index in [0.717, 1.165) is 0 Å². The van der Waals surface area contributed by atoms with Crippen molar-refractivity contribution in [1.82, 2.24) is 4.98 Å². The molecule has 3 N–H and O–H groups in total. The van der Waals surface area contributed by atoms with Gasteiger partial charge in [0.25, 0.3) is 0 Å². The van der Waals surface area contributed by atoms with Gasteiger partial charge in [-0.05, 0) is 39.3 Å². The predicted octanol–water partition coefficient (Wildman–Crippen LogP) is 1.09. The Balaban J connectivity index is 2.28. The van der Waals surface area contributed by atoms with Crippen molar-refractivity contribution < 1.29 is 19.4 Å². The summed E-state index contributed by atoms with van der Waals surface area (Å²) in [5, 5.41) is 8.85. The maximum Gasteiger partial charge on any atom is 0.337 e. The minimum Gasteiger partial charge on any atom is -0.478 e. The Morgan fingerprint density at radius 3 is 2.40 bits per heavy atom. The van der Waals surface area contributed by atoms with Gasteiger partial charge >= 0.3 is 11.9 Å². The lowest BCUT2D eigenvalue weighted by Gasteiger charge is -2.24. The molecule has 0 radical (unpaired) electrons. The molecule has 0 spiro atoms. The number of aromatic nitrogens is 1. The van der Waals surface area contributed by atoms with Gasteiger partial charge in [-0.3, -0.25) is 9.78 Å². The van der Waals surface area contributed by atoms with E-state index < -0.39 is 23.0 Å². The van der Waals surface area contributed by atoms with Crippen LogP contribution in [0.3, 0.4) is 0 Å². The molecule has 1 aromatic rings. The fourth-order valence-corrected chi connectivity index (χ4v) is 2.08. The molecule has 1 aromatic heterocycles. The van der Waals surface area contributed by atoms with Crippen molar-refractivity contribution in [1.29, 1.82) is 0 Å². The number of esters is 1. The van der Waals surface area contributed by atoms with Gasteiger partial charge in [0.1, 0.15) is 11.0 Å². The fourth-order valence-electron chi connectivity index (χ4n) is 2.08. The van der Waals surface area contributed by atoms with E-state index in [2.05, 4.69) is 4.98 Å². The standard InChI is InChI=1S/C14H18N2O4/c1-13(2,3)20-12(19)14(6-9(14)15)10-5-4-8(7-16-10)11(17)18/h4-5,7,9H,6,15H2,1-3H3,(H,17,18). The molecule has 1 saturated carbocycles. The first-order valence-electron chi connectivity index (χ1n) is 6.36. The van der Waals surface area contributed by atoms with Crippen molar-refractivity contribution >= 4 is 11.9 Å². The number of carboxylic acids is 1. The number of aromatic carboxylic acids is 1. The smallest absolute Gasteiger partial charge is 0.337 e. The number of rotatable bonds is 3. The summed E-state index contributed by atoms with van der Waals surface area (Å²) in [7, 11) is 0. The molecule has 2 rings (SSSR count). The number of ether oxygens (including phenoxy) is 1. The summed E-state index contributed by atoms with van der Waals surface area (Å²) in [5.41, 5.74) is 4.88. The van der Waals surface area contributed by atoms with Crippen LogP contribution in [-0.2, 0) is 14.9 Å². The lowest BCUT2D eigenvalue weighted by Crippen LogP contribution is -2.36. The van der Waals surface area contributed by atoms with Gasteiger partial charge in [-0.1, -0.05) is 0 Å². The Labute approximate surface area is 117 Å². The molecule has 1 heterocycles. The van der Waals surface area contributed by atoms with Crippen LogP contribution in [-0.4, -0.2) is 33.7 Å². The molecular formula is C14H18N2O4. The third-order valence-corrected chi connectivity index (χ3v) is 3.25. The Bertz CT molecular complexity index is 547. The minimum atomic E-state index is -1.06. The second kappa shape index (κ2) is 4.56. The summed E-state index contributed by atoms with van der Waals surface area (Å²) >= 11 is 0. The number of carbonyl (C=O) groups is 2. The number of hydrogen-bond acceptors (Lipinski definition) is 5. The molecule has 2 unspecified atom stereocenters. The highest BCUT2D eigenvalue weighted by Crippen LogP contribution is 2.47. The third-order valence-electron chi connectivity index (χ3n) is 3.25. The second-order valence-electron chi connectivity index (χ2n) is 6.02. The van der Waals surface area contributed by atoms with Gasteiger partial charge in [-0.2, -0.15) is 0 Å². The van der Waals surface area contributed by atoms with E-state index >= 15 is 0 Å². The first-order valence-corrected chi connectivity index (χ1v) is 6.36. The zero-order chi connectivity index (χ0) is 15.1. The van der Waals surface area contributed by atoms with E-state index in [-0.39, 0.29) is 11.6 Å². The monoisotopic (exact) mass is 278 g/mol. The molecule has 6 heteroatoms. The van der Waals surface area contributed by atoms with Gasteiger partial charge < -0.3 is 15.6 Å². The maximum atomic E-state index is 12.3. The number of carboxylic acid groups (broad SMARTS) is 1. The van der Waals surface area contributed by atoms with Crippen LogP contribution >= 0.6 is 0 Å². The molecule has 20 heavy (non-hydrogen) atoms. The molecule has 108 valence electrons. The average molecular weight is 278 g/mol. The quantitative estimate of drug-likeness (QED) is 0.802. The molecule has 0 aromatic carbocycles. The maximum absolute atomic E-state index is 12.3. The zero-order valence-electron chi connectivity index (χ0n) is 11.7. The van der Waals surface area contributed by atoms with Crippen LogP contribution in [0, 0.1) is 0 Å². The highest BCUT2D eigenvalue weighted by Gasteiger charge is 2.62. The van der Waals surface area contributed by atoms with E-state index in [9.17, 15) is 9.59 Å². The number of hydrogen-bond donors (Lipinski definition) is 2. The van der Waals surface area contributed by atoms with E-state index in [0.29, 0.717) is 12.1 Å². The van der Waals surface area contributed by atoms with E-state index in [1.54, 1.807) is 20.8 Å². The van der Waals surface area contributed by atoms with Gasteiger partial charge in [0.2, 0.25) is 0 Å². The molecule has 1 aliphatic carbocycles. The van der Waals surface area contributed by atoms with Crippen LogP contribution in [0.1, 0.15) is 43.2 Å². The fraction of sp³-hybridized carbons (Fsp3) is 0.500. The highest BCUT2D eigenvalue weighted by atomic mass is 16.6. The molecule has 0 bridgehead atoms. The molecule has 1 aliphatic rings. The van der Waals surface area contributed by atoms with Crippen LogP contribution < -0.4 is 5.73 Å². The lowest BCUT2D eigenvalue weighted by atomic mass is 9.99. The highest BCUT2D eigenvalue weighted by molar-refractivity contribution is 5.89. The Hall–Kier alpha value is -1.95. The van der Waals surface area contributed by atoms with Gasteiger partial charge in [0.05, 0.1) is 11.3 Å². The third kappa shape index (κ3) is 2.51. The summed E-state index contributed by atoms with van der Waals surface area (Å²) in [5.74, 6) is -1.47. The van der Waals surface area contributed by atoms with Crippen molar-refractivity contribution in [3.05, 3.63) is 29.6 Å². The lowest BCUT2D eigenvalue weighted by molar-refractivity contribution is -0.158. The Kier molecular flexibility index (Phi) is 3.29. The Morgan fingerprint density at radius 2 is 2.05 bits per heavy atom. The van der Waals surface area contributed by atoms with Crippen molar-refractivity contribution in [3.63, 3.8) is 0 Å². The number of nitrogens with zero attached hydrogens (tertiary/aromatic N) is 1. The molecule has 0 aliphatic heterocycles. The van der Waals surface area contributed by atoms with Crippen LogP contribution in [0.4, 0.5) is 0 Å². The summed E-state index contributed by atoms with van der Waals surface area (Å²) in [6.45, 7) is 5.36. The second-order valence-corrected chi connectivity index (χ2v) is 6.02. The van der Waals surface area contributed by atoms with Crippen molar-refractivity contribution in [2.24, 2.45) is 5.73 Å². The normalized spacial score (nSPS) is 25.1. The topological polar surface area (TPSA) is 103 Å². The van der Waals surface area contributed by atoms with E-state index in [1.165, 1.54) is 18.3 Å². The van der Waals surface area contributed by atoms with Crippen LogP contribution in [0.15, 0.2) is 18.3 Å². The molecule has 1 fully saturated rings. The molecule has 6 nitrogen and oxygen atoms in total. The van der Waals surface area contributed by atoms with Crippen molar-refractivity contribution in [2.45, 2.75) is 44.2 Å². The molecule has 0 saturated heterocycles. The van der Waals surface area contributed by atoms with Gasteiger partial charge in [0, 0.05) is 12.2 Å². The number of nitrogens with two attached hydrogens (primary N) is 1. The van der Waals surface area contributed by atoms with Gasteiger partial charge in [-0.15, -0.1) is 0 Å². The number of pyridine rings is 1. The van der Waals surface area contributed by atoms with E-state index in [4.69, 9.17) is 15.6 Å². The van der Waals surface area contributed by atoms with Gasteiger partial charge in [0.15, 0.2) is 0 Å².